The van der Waals surface area contributed by atoms with Gasteiger partial charge in [-0.2, -0.15) is 0 Å². The highest BCUT2D eigenvalue weighted by Gasteiger charge is 2.16. The van der Waals surface area contributed by atoms with Crippen LogP contribution >= 0.6 is 22.9 Å². The largest absolute Gasteiger partial charge is 0.316 e. The van der Waals surface area contributed by atoms with Crippen molar-refractivity contribution in [2.24, 2.45) is 4.99 Å². The van der Waals surface area contributed by atoms with Crippen LogP contribution in [0.25, 0.3) is 11.3 Å². The molecule has 0 radical (unpaired) electrons. The molecule has 0 aliphatic rings. The summed E-state index contributed by atoms with van der Waals surface area (Å²) in [6, 6.07) is 17.4. The summed E-state index contributed by atoms with van der Waals surface area (Å²) in [6.45, 7) is 6.28. The van der Waals surface area contributed by atoms with Gasteiger partial charge in [0, 0.05) is 23.6 Å². The molecule has 1 heterocycles. The minimum absolute atomic E-state index is 0.0338. The summed E-state index contributed by atoms with van der Waals surface area (Å²) in [5.74, 6) is -0.0338. The van der Waals surface area contributed by atoms with E-state index in [-0.39, 0.29) is 5.91 Å². The van der Waals surface area contributed by atoms with E-state index < -0.39 is 0 Å². The molecule has 6 heteroatoms. The first kappa shape index (κ1) is 19.1. The molecule has 0 saturated heterocycles. The Morgan fingerprint density at radius 2 is 2.04 bits per heavy atom. The summed E-state index contributed by atoms with van der Waals surface area (Å²) in [4.78, 5) is 17.6. The lowest BCUT2D eigenvalue weighted by Gasteiger charge is -2.10. The fraction of sp³-hybridized carbons (Fsp3) is 0.143. The molecule has 1 aromatic heterocycles. The Hall–Kier alpha value is -2.63. The maximum atomic E-state index is 12.1. The fourth-order valence-electron chi connectivity index (χ4n) is 2.63. The monoisotopic (exact) mass is 397 g/mol. The van der Waals surface area contributed by atoms with Crippen molar-refractivity contribution < 1.29 is 4.79 Å². The van der Waals surface area contributed by atoms with Crippen LogP contribution < -0.4 is 10.1 Å². The molecule has 0 fully saturated rings. The van der Waals surface area contributed by atoms with Crippen molar-refractivity contribution in [2.45, 2.75) is 19.9 Å². The number of benzene rings is 2. The van der Waals surface area contributed by atoms with Crippen LogP contribution in [0.1, 0.15) is 13.3 Å². The summed E-state index contributed by atoms with van der Waals surface area (Å²) >= 11 is 7.53. The SMILES string of the molecule is C=CCn1c(-c2ccccc2)c(NC(=O)CC)sc1=Nc1cccc(Cl)c1. The van der Waals surface area contributed by atoms with Gasteiger partial charge in [-0.15, -0.1) is 6.58 Å². The standard InChI is InChI=1S/C21H20ClN3OS/c1-3-13-25-19(15-9-6-5-7-10-15)20(24-18(26)4-2)27-21(25)23-17-12-8-11-16(22)14-17/h3,5-12,14H,1,4,13H2,2H3,(H,24,26). The quantitative estimate of drug-likeness (QED) is 0.538. The summed E-state index contributed by atoms with van der Waals surface area (Å²) < 4.78 is 2.05. The lowest BCUT2D eigenvalue weighted by atomic mass is 10.1. The normalized spacial score (nSPS) is 11.4. The van der Waals surface area contributed by atoms with E-state index in [2.05, 4.69) is 16.5 Å². The minimum Gasteiger partial charge on any atom is -0.316 e. The molecule has 138 valence electrons. The Bertz CT molecular complexity index is 1020. The molecule has 0 saturated carbocycles. The van der Waals surface area contributed by atoms with Gasteiger partial charge in [0.1, 0.15) is 5.00 Å². The van der Waals surface area contributed by atoms with Gasteiger partial charge in [0.15, 0.2) is 4.80 Å². The molecule has 0 aliphatic heterocycles. The van der Waals surface area contributed by atoms with Crippen LogP contribution in [-0.4, -0.2) is 10.5 Å². The Kier molecular flexibility index (Phi) is 6.27. The molecule has 4 nitrogen and oxygen atoms in total. The van der Waals surface area contributed by atoms with Crippen molar-refractivity contribution in [3.05, 3.63) is 77.1 Å². The number of aromatic nitrogens is 1. The molecule has 27 heavy (non-hydrogen) atoms. The molecule has 3 aromatic rings. The van der Waals surface area contributed by atoms with Gasteiger partial charge in [0.05, 0.1) is 11.4 Å². The average Bonchev–Trinajstić information content (AvgIpc) is 2.99. The second-order valence-electron chi connectivity index (χ2n) is 5.82. The number of rotatable bonds is 6. The Labute approximate surface area is 167 Å². The van der Waals surface area contributed by atoms with Crippen molar-refractivity contribution in [2.75, 3.05) is 5.32 Å². The van der Waals surface area contributed by atoms with E-state index in [1.165, 1.54) is 11.3 Å². The van der Waals surface area contributed by atoms with E-state index in [4.69, 9.17) is 16.6 Å². The van der Waals surface area contributed by atoms with Gasteiger partial charge in [-0.25, -0.2) is 4.99 Å². The minimum atomic E-state index is -0.0338. The fourth-order valence-corrected chi connectivity index (χ4v) is 3.92. The van der Waals surface area contributed by atoms with Crippen LogP contribution in [0.2, 0.25) is 5.02 Å². The predicted octanol–water partition coefficient (Wildman–Crippen LogP) is 5.64. The highest BCUT2D eigenvalue weighted by molar-refractivity contribution is 7.14. The second-order valence-corrected chi connectivity index (χ2v) is 7.24. The molecule has 0 spiro atoms. The zero-order valence-electron chi connectivity index (χ0n) is 15.0. The Morgan fingerprint density at radius 1 is 1.26 bits per heavy atom. The van der Waals surface area contributed by atoms with Gasteiger partial charge < -0.3 is 9.88 Å². The van der Waals surface area contributed by atoms with Crippen LogP contribution in [-0.2, 0) is 11.3 Å². The number of anilines is 1. The van der Waals surface area contributed by atoms with E-state index in [1.54, 1.807) is 0 Å². The van der Waals surface area contributed by atoms with Gasteiger partial charge >= 0.3 is 0 Å². The molecule has 0 aliphatic carbocycles. The van der Waals surface area contributed by atoms with Crippen LogP contribution in [0.5, 0.6) is 0 Å². The third-order valence-corrected chi connectivity index (χ3v) is 5.10. The third-order valence-electron chi connectivity index (χ3n) is 3.88. The summed E-state index contributed by atoms with van der Waals surface area (Å²) in [5.41, 5.74) is 2.69. The summed E-state index contributed by atoms with van der Waals surface area (Å²) in [6.07, 6.45) is 2.23. The van der Waals surface area contributed by atoms with Gasteiger partial charge in [-0.3, -0.25) is 4.79 Å². The molecular weight excluding hydrogens is 378 g/mol. The van der Waals surface area contributed by atoms with Gasteiger partial charge in [-0.1, -0.05) is 72.3 Å². The number of allylic oxidation sites excluding steroid dienone is 1. The average molecular weight is 398 g/mol. The number of carbonyl (C=O) groups excluding carboxylic acids is 1. The number of carbonyl (C=O) groups is 1. The van der Waals surface area contributed by atoms with Crippen molar-refractivity contribution in [3.8, 4) is 11.3 Å². The molecule has 0 unspecified atom stereocenters. The molecule has 2 aromatic carbocycles. The molecule has 1 amide bonds. The topological polar surface area (TPSA) is 46.4 Å². The lowest BCUT2D eigenvalue weighted by Crippen LogP contribution is -2.15. The highest BCUT2D eigenvalue weighted by Crippen LogP contribution is 2.31. The lowest BCUT2D eigenvalue weighted by molar-refractivity contribution is -0.115. The van der Waals surface area contributed by atoms with Crippen LogP contribution in [0, 0.1) is 0 Å². The first-order valence-electron chi connectivity index (χ1n) is 8.62. The second kappa shape index (κ2) is 8.84. The summed E-state index contributed by atoms with van der Waals surface area (Å²) in [5, 5.41) is 4.42. The van der Waals surface area contributed by atoms with E-state index in [0.29, 0.717) is 18.0 Å². The van der Waals surface area contributed by atoms with E-state index in [1.807, 2.05) is 67.6 Å². The smallest absolute Gasteiger partial charge is 0.224 e. The maximum absolute atomic E-state index is 12.1. The third kappa shape index (κ3) is 4.56. The van der Waals surface area contributed by atoms with E-state index in [9.17, 15) is 4.79 Å². The van der Waals surface area contributed by atoms with E-state index >= 15 is 0 Å². The molecular formula is C21H20ClN3OS. The Balaban J connectivity index is 2.24. The highest BCUT2D eigenvalue weighted by atomic mass is 35.5. The first-order chi connectivity index (χ1) is 13.1. The van der Waals surface area contributed by atoms with Crippen LogP contribution in [0.15, 0.2) is 72.2 Å². The Morgan fingerprint density at radius 3 is 2.70 bits per heavy atom. The number of halogens is 1. The number of nitrogens with one attached hydrogen (secondary N) is 1. The predicted molar refractivity (Wildman–Crippen MR) is 114 cm³/mol. The molecule has 0 bridgehead atoms. The molecule has 0 atom stereocenters. The van der Waals surface area contributed by atoms with Gasteiger partial charge in [-0.05, 0) is 18.2 Å². The number of nitrogens with zero attached hydrogens (tertiary/aromatic N) is 2. The van der Waals surface area contributed by atoms with Gasteiger partial charge in [0.2, 0.25) is 5.91 Å². The van der Waals surface area contributed by atoms with E-state index in [0.717, 1.165) is 26.7 Å². The van der Waals surface area contributed by atoms with Crippen molar-refractivity contribution in [3.63, 3.8) is 0 Å². The van der Waals surface area contributed by atoms with Crippen molar-refractivity contribution in [1.29, 1.82) is 0 Å². The number of hydrogen-bond acceptors (Lipinski definition) is 3. The number of amides is 1. The maximum Gasteiger partial charge on any atom is 0.224 e. The van der Waals surface area contributed by atoms with Crippen LogP contribution in [0.4, 0.5) is 10.7 Å². The zero-order chi connectivity index (χ0) is 19.2. The molecule has 3 rings (SSSR count). The van der Waals surface area contributed by atoms with Gasteiger partial charge in [0.25, 0.3) is 0 Å². The number of thiazole rings is 1. The zero-order valence-corrected chi connectivity index (χ0v) is 16.6. The van der Waals surface area contributed by atoms with Crippen molar-refractivity contribution >= 4 is 39.5 Å². The van der Waals surface area contributed by atoms with Crippen LogP contribution in [0.3, 0.4) is 0 Å². The first-order valence-corrected chi connectivity index (χ1v) is 9.82. The molecule has 1 N–H and O–H groups in total. The van der Waals surface area contributed by atoms with Crippen molar-refractivity contribution in [1.82, 2.24) is 4.57 Å². The summed E-state index contributed by atoms with van der Waals surface area (Å²) in [7, 11) is 0. The number of hydrogen-bond donors (Lipinski definition) is 1.